The number of fused-ring (bicyclic) bond motifs is 1. The molecule has 0 bridgehead atoms. The van der Waals surface area contributed by atoms with Gasteiger partial charge in [-0.3, -0.25) is 4.79 Å². The van der Waals surface area contributed by atoms with E-state index in [0.29, 0.717) is 24.9 Å². The maximum atomic E-state index is 12.3. The fourth-order valence-electron chi connectivity index (χ4n) is 3.23. The molecule has 0 aliphatic carbocycles. The van der Waals surface area contributed by atoms with Gasteiger partial charge in [-0.15, -0.1) is 24.8 Å². The summed E-state index contributed by atoms with van der Waals surface area (Å²) in [4.78, 5) is 14.7. The maximum Gasteiger partial charge on any atom is 0.287 e. The second kappa shape index (κ2) is 10.5. The molecule has 7 heteroatoms. The molecule has 0 radical (unpaired) electrons. The molecule has 0 saturated carbocycles. The third-order valence-electron chi connectivity index (χ3n) is 4.48. The van der Waals surface area contributed by atoms with Gasteiger partial charge in [0, 0.05) is 36.9 Å². The maximum absolute atomic E-state index is 12.3. The molecule has 0 saturated heterocycles. The van der Waals surface area contributed by atoms with E-state index in [4.69, 9.17) is 4.42 Å². The second-order valence-electron chi connectivity index (χ2n) is 6.19. The zero-order chi connectivity index (χ0) is 16.9. The van der Waals surface area contributed by atoms with Gasteiger partial charge < -0.3 is 20.0 Å². The Kier molecular flexibility index (Phi) is 8.99. The average Bonchev–Trinajstić information content (AvgIpc) is 3.17. The van der Waals surface area contributed by atoms with Crippen LogP contribution in [0.5, 0.6) is 0 Å². The summed E-state index contributed by atoms with van der Waals surface area (Å²) in [5.74, 6) is 0.274. The third kappa shape index (κ3) is 4.93. The molecule has 2 aromatic rings. The fraction of sp³-hybridized carbons (Fsp3) is 0.421. The van der Waals surface area contributed by atoms with Crippen LogP contribution in [0.4, 0.5) is 5.69 Å². The van der Waals surface area contributed by atoms with Crippen LogP contribution in [0.15, 0.2) is 41.0 Å². The van der Waals surface area contributed by atoms with Crippen molar-refractivity contribution in [3.63, 3.8) is 0 Å². The van der Waals surface area contributed by atoms with Gasteiger partial charge in [0.05, 0.1) is 6.26 Å². The van der Waals surface area contributed by atoms with Crippen LogP contribution < -0.4 is 15.5 Å². The lowest BCUT2D eigenvalue weighted by Gasteiger charge is -2.24. The van der Waals surface area contributed by atoms with E-state index in [0.717, 1.165) is 25.1 Å². The van der Waals surface area contributed by atoms with Gasteiger partial charge in [-0.25, -0.2) is 0 Å². The van der Waals surface area contributed by atoms with Crippen molar-refractivity contribution >= 4 is 36.4 Å². The van der Waals surface area contributed by atoms with Crippen LogP contribution in [0, 0.1) is 0 Å². The van der Waals surface area contributed by atoms with Crippen LogP contribution in [0.3, 0.4) is 0 Å². The molecule has 1 amide bonds. The molecule has 2 N–H and O–H groups in total. The molecule has 3 rings (SSSR count). The van der Waals surface area contributed by atoms with Gasteiger partial charge in [0.25, 0.3) is 5.91 Å². The predicted molar refractivity (Wildman–Crippen MR) is 110 cm³/mol. The summed E-state index contributed by atoms with van der Waals surface area (Å²) in [7, 11) is 0. The first-order chi connectivity index (χ1) is 11.7. The van der Waals surface area contributed by atoms with Crippen LogP contribution in [0.2, 0.25) is 0 Å². The Hall–Kier alpha value is -1.69. The van der Waals surface area contributed by atoms with Gasteiger partial charge in [-0.05, 0) is 37.6 Å². The van der Waals surface area contributed by atoms with Crippen molar-refractivity contribution in [2.24, 2.45) is 0 Å². The molecule has 5 nitrogen and oxygen atoms in total. The summed E-state index contributed by atoms with van der Waals surface area (Å²) in [5, 5.41) is 6.09. The molecule has 1 aliphatic rings. The minimum Gasteiger partial charge on any atom is -0.459 e. The number of likely N-dealkylation sites (N-methyl/N-ethyl adjacent to an activating group) is 1. The number of furan rings is 1. The van der Waals surface area contributed by atoms with Crippen LogP contribution in [0.1, 0.15) is 35.5 Å². The standard InChI is InChI=1S/C19H25N3O2.2ClH/c1-3-20-9-10-21-19(23)18-16(8-11-24-18)13-22-14(2)12-15-6-4-5-7-17(15)22;;/h4-8,11,14,20H,3,9-10,12-13H2,1-2H3,(H,21,23);2*1H. The molecule has 1 aromatic heterocycles. The van der Waals surface area contributed by atoms with Gasteiger partial charge in [-0.1, -0.05) is 25.1 Å². The zero-order valence-corrected chi connectivity index (χ0v) is 16.8. The highest BCUT2D eigenvalue weighted by molar-refractivity contribution is 5.93. The van der Waals surface area contributed by atoms with Crippen molar-refractivity contribution in [1.29, 1.82) is 0 Å². The first-order valence-electron chi connectivity index (χ1n) is 8.60. The quantitative estimate of drug-likeness (QED) is 0.700. The van der Waals surface area contributed by atoms with E-state index < -0.39 is 0 Å². The number of rotatable bonds is 7. The molecule has 1 atom stereocenters. The highest BCUT2D eigenvalue weighted by atomic mass is 35.5. The van der Waals surface area contributed by atoms with E-state index in [1.807, 2.05) is 13.0 Å². The molecule has 0 spiro atoms. The van der Waals surface area contributed by atoms with Crippen molar-refractivity contribution in [2.45, 2.75) is 32.9 Å². The molecule has 26 heavy (non-hydrogen) atoms. The molecule has 1 unspecified atom stereocenters. The van der Waals surface area contributed by atoms with Crippen LogP contribution >= 0.6 is 24.8 Å². The normalized spacial score (nSPS) is 15.0. The van der Waals surface area contributed by atoms with Gasteiger partial charge in [0.15, 0.2) is 5.76 Å². The molecular formula is C19H27Cl2N3O2. The summed E-state index contributed by atoms with van der Waals surface area (Å²) in [6, 6.07) is 10.8. The minimum absolute atomic E-state index is 0. The van der Waals surface area contributed by atoms with E-state index in [9.17, 15) is 4.79 Å². The molecule has 0 fully saturated rings. The Bertz CT molecular complexity index is 706. The average molecular weight is 400 g/mol. The Labute approximate surface area is 167 Å². The fourth-order valence-corrected chi connectivity index (χ4v) is 3.23. The SMILES string of the molecule is CCNCCNC(=O)c1occc1CN1c2ccccc2CC1C.Cl.Cl. The van der Waals surface area contributed by atoms with Crippen molar-refractivity contribution < 1.29 is 9.21 Å². The Morgan fingerprint density at radius 1 is 1.23 bits per heavy atom. The third-order valence-corrected chi connectivity index (χ3v) is 4.48. The number of hydrogen-bond acceptors (Lipinski definition) is 4. The van der Waals surface area contributed by atoms with Crippen molar-refractivity contribution in [3.8, 4) is 0 Å². The van der Waals surface area contributed by atoms with Gasteiger partial charge in [-0.2, -0.15) is 0 Å². The zero-order valence-electron chi connectivity index (χ0n) is 15.2. The van der Waals surface area contributed by atoms with Crippen LogP contribution in [0.25, 0.3) is 0 Å². The lowest BCUT2D eigenvalue weighted by atomic mass is 10.1. The molecule has 144 valence electrons. The Morgan fingerprint density at radius 2 is 2.00 bits per heavy atom. The number of anilines is 1. The lowest BCUT2D eigenvalue weighted by molar-refractivity contribution is 0.0925. The number of carbonyl (C=O) groups is 1. The minimum atomic E-state index is -0.145. The topological polar surface area (TPSA) is 57.5 Å². The molecule has 1 aromatic carbocycles. The smallest absolute Gasteiger partial charge is 0.287 e. The van der Waals surface area contributed by atoms with Gasteiger partial charge in [0.2, 0.25) is 0 Å². The van der Waals surface area contributed by atoms with E-state index in [2.05, 4.69) is 46.7 Å². The van der Waals surface area contributed by atoms with Crippen molar-refractivity contribution in [2.75, 3.05) is 24.5 Å². The molecular weight excluding hydrogens is 373 g/mol. The number of carbonyl (C=O) groups excluding carboxylic acids is 1. The van der Waals surface area contributed by atoms with Crippen molar-refractivity contribution in [3.05, 3.63) is 53.5 Å². The highest BCUT2D eigenvalue weighted by Gasteiger charge is 2.27. The molecule has 2 heterocycles. The predicted octanol–water partition coefficient (Wildman–Crippen LogP) is 3.41. The number of para-hydroxylation sites is 1. The number of halogens is 2. The van der Waals surface area contributed by atoms with Gasteiger partial charge >= 0.3 is 0 Å². The first-order valence-corrected chi connectivity index (χ1v) is 8.60. The van der Waals surface area contributed by atoms with Crippen LogP contribution in [-0.2, 0) is 13.0 Å². The monoisotopic (exact) mass is 399 g/mol. The number of nitrogens with one attached hydrogen (secondary N) is 2. The number of benzene rings is 1. The lowest BCUT2D eigenvalue weighted by Crippen LogP contribution is -2.33. The second-order valence-corrected chi connectivity index (χ2v) is 6.19. The Morgan fingerprint density at radius 3 is 2.77 bits per heavy atom. The Balaban J connectivity index is 0.00000169. The summed E-state index contributed by atoms with van der Waals surface area (Å²) in [6.07, 6.45) is 2.64. The van der Waals surface area contributed by atoms with Crippen LogP contribution in [-0.4, -0.2) is 31.6 Å². The van der Waals surface area contributed by atoms with Gasteiger partial charge in [0.1, 0.15) is 0 Å². The summed E-state index contributed by atoms with van der Waals surface area (Å²) < 4.78 is 5.46. The number of nitrogens with zero attached hydrogens (tertiary/aromatic N) is 1. The van der Waals surface area contributed by atoms with E-state index in [-0.39, 0.29) is 30.7 Å². The van der Waals surface area contributed by atoms with E-state index in [1.165, 1.54) is 11.3 Å². The van der Waals surface area contributed by atoms with Crippen molar-refractivity contribution in [1.82, 2.24) is 10.6 Å². The summed E-state index contributed by atoms with van der Waals surface area (Å²) in [5.41, 5.74) is 3.55. The largest absolute Gasteiger partial charge is 0.459 e. The van der Waals surface area contributed by atoms with E-state index >= 15 is 0 Å². The van der Waals surface area contributed by atoms with E-state index in [1.54, 1.807) is 6.26 Å². The highest BCUT2D eigenvalue weighted by Crippen LogP contribution is 2.33. The summed E-state index contributed by atoms with van der Waals surface area (Å²) >= 11 is 0. The molecule has 1 aliphatic heterocycles. The number of hydrogen-bond donors (Lipinski definition) is 2. The summed E-state index contributed by atoms with van der Waals surface area (Å²) in [6.45, 7) is 7.20. The number of amides is 1. The first kappa shape index (κ1) is 22.4.